The molecule has 6 nitrogen and oxygen atoms in total. The van der Waals surface area contributed by atoms with E-state index in [1.165, 1.54) is 0 Å². The fraction of sp³-hybridized carbons (Fsp3) is 0.421. The normalized spacial score (nSPS) is 11.4. The van der Waals surface area contributed by atoms with Crippen LogP contribution >= 0.6 is 0 Å². The Balaban J connectivity index is 2.42. The lowest BCUT2D eigenvalue weighted by Gasteiger charge is -2.14. The zero-order valence-corrected chi connectivity index (χ0v) is 15.3. The number of imidazole rings is 1. The van der Waals surface area contributed by atoms with Gasteiger partial charge in [-0.15, -0.1) is 0 Å². The average molecular weight is 342 g/mol. The fourth-order valence-electron chi connectivity index (χ4n) is 2.36. The Hall–Kier alpha value is -2.63. The van der Waals surface area contributed by atoms with Crippen LogP contribution < -0.4 is 11.1 Å². The number of aromatic amines is 1. The molecular formula is C19H26N4O2. The Morgan fingerprint density at radius 3 is 2.36 bits per heavy atom. The third-order valence-electron chi connectivity index (χ3n) is 3.90. The van der Waals surface area contributed by atoms with Crippen LogP contribution in [0.25, 0.3) is 11.3 Å². The summed E-state index contributed by atoms with van der Waals surface area (Å²) < 4.78 is 0. The average Bonchev–Trinajstić information content (AvgIpc) is 3.00. The summed E-state index contributed by atoms with van der Waals surface area (Å²) in [5, 5.41) is 2.92. The second-order valence-electron chi connectivity index (χ2n) is 7.11. The van der Waals surface area contributed by atoms with Gasteiger partial charge in [0.15, 0.2) is 0 Å². The first kappa shape index (κ1) is 18.7. The molecule has 0 fully saturated rings. The first-order valence-corrected chi connectivity index (χ1v) is 8.53. The quantitative estimate of drug-likeness (QED) is 0.703. The molecule has 0 aliphatic carbocycles. The molecule has 0 aliphatic rings. The van der Waals surface area contributed by atoms with E-state index in [0.29, 0.717) is 23.5 Å². The topological polar surface area (TPSA) is 101 Å². The predicted octanol–water partition coefficient (Wildman–Crippen LogP) is 3.00. The molecule has 0 bridgehead atoms. The van der Waals surface area contributed by atoms with Crippen molar-refractivity contribution in [2.45, 2.75) is 46.0 Å². The second kappa shape index (κ2) is 7.51. The molecule has 0 atom stereocenters. The summed E-state index contributed by atoms with van der Waals surface area (Å²) >= 11 is 0. The number of nitrogens with zero attached hydrogens (tertiary/aromatic N) is 1. The van der Waals surface area contributed by atoms with Crippen LogP contribution in [0.5, 0.6) is 0 Å². The van der Waals surface area contributed by atoms with Crippen molar-refractivity contribution in [3.05, 3.63) is 41.3 Å². The van der Waals surface area contributed by atoms with Gasteiger partial charge in [0.25, 0.3) is 5.91 Å². The summed E-state index contributed by atoms with van der Waals surface area (Å²) in [6.45, 7) is 8.80. The number of benzene rings is 1. The largest absolute Gasteiger partial charge is 0.366 e. The molecule has 1 aromatic heterocycles. The fourth-order valence-corrected chi connectivity index (χ4v) is 2.36. The molecule has 2 amide bonds. The van der Waals surface area contributed by atoms with Crippen molar-refractivity contribution in [1.29, 1.82) is 0 Å². The zero-order valence-electron chi connectivity index (χ0n) is 15.3. The molecule has 2 aromatic rings. The number of unbranched alkanes of at least 4 members (excludes halogenated alkanes) is 1. The highest BCUT2D eigenvalue weighted by atomic mass is 16.2. The Morgan fingerprint density at radius 1 is 1.20 bits per heavy atom. The summed E-state index contributed by atoms with van der Waals surface area (Å²) in [5.74, 6) is 0.0778. The molecular weight excluding hydrogens is 316 g/mol. The Labute approximate surface area is 148 Å². The van der Waals surface area contributed by atoms with E-state index < -0.39 is 5.91 Å². The number of rotatable bonds is 6. The molecule has 0 saturated carbocycles. The van der Waals surface area contributed by atoms with E-state index in [-0.39, 0.29) is 11.3 Å². The lowest BCUT2D eigenvalue weighted by Crippen LogP contribution is -2.25. The predicted molar refractivity (Wildman–Crippen MR) is 98.5 cm³/mol. The number of hydrogen-bond acceptors (Lipinski definition) is 3. The van der Waals surface area contributed by atoms with E-state index in [0.717, 1.165) is 24.2 Å². The Morgan fingerprint density at radius 2 is 1.84 bits per heavy atom. The molecule has 0 aliphatic heterocycles. The third-order valence-corrected chi connectivity index (χ3v) is 3.90. The van der Waals surface area contributed by atoms with E-state index in [2.05, 4.69) is 22.2 Å². The molecule has 134 valence electrons. The van der Waals surface area contributed by atoms with Gasteiger partial charge in [-0.1, -0.05) is 46.2 Å². The minimum atomic E-state index is -0.485. The van der Waals surface area contributed by atoms with Gasteiger partial charge in [0, 0.05) is 23.1 Å². The molecule has 1 heterocycles. The SMILES string of the molecule is CCCCNC(=O)c1[nH]c(C(C)(C)C)nc1-c1ccc(C(N)=O)cc1. The van der Waals surface area contributed by atoms with E-state index in [1.54, 1.807) is 24.3 Å². The second-order valence-corrected chi connectivity index (χ2v) is 7.11. The maximum Gasteiger partial charge on any atom is 0.270 e. The summed E-state index contributed by atoms with van der Waals surface area (Å²) in [4.78, 5) is 31.6. The van der Waals surface area contributed by atoms with Gasteiger partial charge in [-0.25, -0.2) is 4.98 Å². The van der Waals surface area contributed by atoms with Gasteiger partial charge in [-0.3, -0.25) is 9.59 Å². The van der Waals surface area contributed by atoms with Crippen LogP contribution in [0.3, 0.4) is 0 Å². The molecule has 1 aromatic carbocycles. The van der Waals surface area contributed by atoms with Crippen molar-refractivity contribution in [2.75, 3.05) is 6.54 Å². The van der Waals surface area contributed by atoms with Crippen molar-refractivity contribution in [3.8, 4) is 11.3 Å². The summed E-state index contributed by atoms with van der Waals surface area (Å²) in [6.07, 6.45) is 1.94. The van der Waals surface area contributed by atoms with Gasteiger partial charge in [0.1, 0.15) is 17.2 Å². The van der Waals surface area contributed by atoms with Crippen molar-refractivity contribution in [2.24, 2.45) is 5.73 Å². The van der Waals surface area contributed by atoms with Crippen molar-refractivity contribution >= 4 is 11.8 Å². The summed E-state index contributed by atoms with van der Waals surface area (Å²) in [5.41, 5.74) is 7.27. The molecule has 25 heavy (non-hydrogen) atoms. The number of aromatic nitrogens is 2. The van der Waals surface area contributed by atoms with Gasteiger partial charge in [0.05, 0.1) is 0 Å². The number of carbonyl (C=O) groups is 2. The molecule has 0 radical (unpaired) electrons. The van der Waals surface area contributed by atoms with E-state index in [4.69, 9.17) is 5.73 Å². The number of amides is 2. The van der Waals surface area contributed by atoms with Crippen LogP contribution in [0.1, 0.15) is 67.2 Å². The lowest BCUT2D eigenvalue weighted by molar-refractivity contribution is 0.0947. The first-order valence-electron chi connectivity index (χ1n) is 8.53. The van der Waals surface area contributed by atoms with Crippen LogP contribution in [0.2, 0.25) is 0 Å². The Bertz CT molecular complexity index is 755. The first-order chi connectivity index (χ1) is 11.7. The minimum absolute atomic E-state index is 0.176. The van der Waals surface area contributed by atoms with Crippen LogP contribution in [-0.4, -0.2) is 28.3 Å². The number of nitrogens with one attached hydrogen (secondary N) is 2. The molecule has 0 unspecified atom stereocenters. The van der Waals surface area contributed by atoms with Crippen LogP contribution in [-0.2, 0) is 5.41 Å². The van der Waals surface area contributed by atoms with Gasteiger partial charge in [-0.05, 0) is 18.6 Å². The monoisotopic (exact) mass is 342 g/mol. The number of hydrogen-bond donors (Lipinski definition) is 3. The van der Waals surface area contributed by atoms with Gasteiger partial charge >= 0.3 is 0 Å². The molecule has 4 N–H and O–H groups in total. The maximum absolute atomic E-state index is 12.6. The third kappa shape index (κ3) is 4.47. The van der Waals surface area contributed by atoms with E-state index in [9.17, 15) is 9.59 Å². The van der Waals surface area contributed by atoms with Gasteiger partial charge in [0.2, 0.25) is 5.91 Å². The van der Waals surface area contributed by atoms with Crippen molar-refractivity contribution in [3.63, 3.8) is 0 Å². The van der Waals surface area contributed by atoms with Crippen LogP contribution in [0, 0.1) is 0 Å². The smallest absolute Gasteiger partial charge is 0.270 e. The highest BCUT2D eigenvalue weighted by molar-refractivity contribution is 5.99. The molecule has 6 heteroatoms. The number of H-pyrrole nitrogens is 1. The van der Waals surface area contributed by atoms with Crippen molar-refractivity contribution in [1.82, 2.24) is 15.3 Å². The zero-order chi connectivity index (χ0) is 18.6. The van der Waals surface area contributed by atoms with E-state index in [1.807, 2.05) is 20.8 Å². The van der Waals surface area contributed by atoms with E-state index >= 15 is 0 Å². The Kier molecular flexibility index (Phi) is 5.62. The summed E-state index contributed by atoms with van der Waals surface area (Å²) in [6, 6.07) is 6.79. The molecule has 0 saturated heterocycles. The molecule has 0 spiro atoms. The van der Waals surface area contributed by atoms with Crippen molar-refractivity contribution < 1.29 is 9.59 Å². The maximum atomic E-state index is 12.6. The summed E-state index contributed by atoms with van der Waals surface area (Å²) in [7, 11) is 0. The standard InChI is InChI=1S/C19H26N4O2/c1-5-6-11-21-17(25)15-14(22-18(23-15)19(2,3)4)12-7-9-13(10-8-12)16(20)24/h7-10H,5-6,11H2,1-4H3,(H2,20,24)(H,21,25)(H,22,23). The number of primary amides is 1. The highest BCUT2D eigenvalue weighted by Crippen LogP contribution is 2.27. The number of carbonyl (C=O) groups excluding carboxylic acids is 2. The lowest BCUT2D eigenvalue weighted by atomic mass is 9.96. The van der Waals surface area contributed by atoms with Crippen LogP contribution in [0.4, 0.5) is 0 Å². The molecule has 2 rings (SSSR count). The van der Waals surface area contributed by atoms with Gasteiger partial charge < -0.3 is 16.0 Å². The number of nitrogens with two attached hydrogens (primary N) is 1. The minimum Gasteiger partial charge on any atom is -0.366 e. The van der Waals surface area contributed by atoms with Crippen LogP contribution in [0.15, 0.2) is 24.3 Å². The van der Waals surface area contributed by atoms with Gasteiger partial charge in [-0.2, -0.15) is 0 Å². The highest BCUT2D eigenvalue weighted by Gasteiger charge is 2.24.